The van der Waals surface area contributed by atoms with Crippen LogP contribution in [0.1, 0.15) is 30.0 Å². The fourth-order valence-electron chi connectivity index (χ4n) is 4.66. The quantitative estimate of drug-likeness (QED) is 0.265. The summed E-state index contributed by atoms with van der Waals surface area (Å²) in [5.41, 5.74) is 1.60. The molecule has 0 unspecified atom stereocenters. The van der Waals surface area contributed by atoms with Crippen LogP contribution < -0.4 is 10.6 Å². The highest BCUT2D eigenvalue weighted by Crippen LogP contribution is 2.40. The number of imide groups is 1. The van der Waals surface area contributed by atoms with Crippen molar-refractivity contribution in [3.63, 3.8) is 0 Å². The number of nitrogens with zero attached hydrogens (tertiary/aromatic N) is 1. The highest BCUT2D eigenvalue weighted by Gasteiger charge is 2.36. The maximum Gasteiger partial charge on any atom is 0.416 e. The third-order valence-electron chi connectivity index (χ3n) is 6.27. The Hall–Kier alpha value is -3.85. The lowest BCUT2D eigenvalue weighted by atomic mass is 9.95. The Kier molecular flexibility index (Phi) is 5.72. The van der Waals surface area contributed by atoms with Crippen LogP contribution in [0.5, 0.6) is 0 Å². The van der Waals surface area contributed by atoms with E-state index < -0.39 is 23.6 Å². The maximum atomic E-state index is 13.6. The van der Waals surface area contributed by atoms with Gasteiger partial charge in [-0.05, 0) is 43.8 Å². The molecule has 3 N–H and O–H groups in total. The summed E-state index contributed by atoms with van der Waals surface area (Å²) in [5, 5.41) is 6.59. The number of hydrogen-bond acceptors (Lipinski definition) is 3. The molecule has 4 aromatic rings. The number of aromatic amines is 1. The van der Waals surface area contributed by atoms with Crippen LogP contribution in [-0.4, -0.2) is 34.5 Å². The van der Waals surface area contributed by atoms with E-state index in [9.17, 15) is 22.8 Å². The van der Waals surface area contributed by atoms with E-state index in [0.717, 1.165) is 42.5 Å². The number of nitrogens with one attached hydrogen (secondary N) is 3. The molecule has 180 valence electrons. The molecule has 6 nitrogen and oxygen atoms in total. The summed E-state index contributed by atoms with van der Waals surface area (Å²) in [4.78, 5) is 29.0. The second-order valence-electron chi connectivity index (χ2n) is 8.45. The molecule has 9 heteroatoms. The molecule has 2 aromatic carbocycles. The van der Waals surface area contributed by atoms with Gasteiger partial charge in [0, 0.05) is 51.9 Å². The van der Waals surface area contributed by atoms with Crippen molar-refractivity contribution in [3.05, 3.63) is 71.5 Å². The van der Waals surface area contributed by atoms with Crippen LogP contribution >= 0.6 is 0 Å². The summed E-state index contributed by atoms with van der Waals surface area (Å²) >= 11 is 0. The lowest BCUT2D eigenvalue weighted by molar-refractivity contribution is -0.137. The molecule has 0 fully saturated rings. The molecule has 2 aromatic heterocycles. The zero-order valence-electron chi connectivity index (χ0n) is 18.9. The Bertz CT molecular complexity index is 1490. The molecule has 0 radical (unpaired) electrons. The van der Waals surface area contributed by atoms with Gasteiger partial charge in [0.15, 0.2) is 0 Å². The van der Waals surface area contributed by atoms with Crippen LogP contribution in [0.15, 0.2) is 54.9 Å². The number of amides is 2. The average molecular weight is 480 g/mol. The standard InChI is InChI=1S/C26H23F3N4O2/c1-2-30-10-5-11-33-14-19(17-12-15(26(27,28)29)8-9-21(17)33)23-22(24(34)32-25(23)35)18-13-31-20-7-4-3-6-16(18)20/h3-4,6-9,12-14,30-31H,2,5,10-11H2,1H3,(H,32,34,35). The van der Waals surface area contributed by atoms with Gasteiger partial charge in [0.05, 0.1) is 16.7 Å². The lowest BCUT2D eigenvalue weighted by Crippen LogP contribution is -2.22. The first-order valence-electron chi connectivity index (χ1n) is 11.4. The van der Waals surface area contributed by atoms with Gasteiger partial charge in [0.25, 0.3) is 11.8 Å². The van der Waals surface area contributed by atoms with Gasteiger partial charge in [-0.15, -0.1) is 0 Å². The van der Waals surface area contributed by atoms with Crippen LogP contribution in [0.3, 0.4) is 0 Å². The molecule has 0 saturated carbocycles. The Labute approximate surface area is 198 Å². The first kappa shape index (κ1) is 22.9. The number of alkyl halides is 3. The van der Waals surface area contributed by atoms with Gasteiger partial charge < -0.3 is 14.9 Å². The van der Waals surface area contributed by atoms with Gasteiger partial charge in [-0.1, -0.05) is 25.1 Å². The van der Waals surface area contributed by atoms with Crippen molar-refractivity contribution in [3.8, 4) is 0 Å². The first-order valence-corrected chi connectivity index (χ1v) is 11.4. The molecular weight excluding hydrogens is 457 g/mol. The second-order valence-corrected chi connectivity index (χ2v) is 8.45. The van der Waals surface area contributed by atoms with Crippen molar-refractivity contribution in [1.82, 2.24) is 20.2 Å². The van der Waals surface area contributed by atoms with Gasteiger partial charge >= 0.3 is 6.18 Å². The third-order valence-corrected chi connectivity index (χ3v) is 6.27. The van der Waals surface area contributed by atoms with Crippen molar-refractivity contribution >= 4 is 44.8 Å². The highest BCUT2D eigenvalue weighted by atomic mass is 19.4. The SMILES string of the molecule is CCNCCCn1cc(C2=C(c3c[nH]c4ccccc34)C(=O)NC2=O)c2cc(C(F)(F)F)ccc21. The maximum absolute atomic E-state index is 13.6. The van der Waals surface area contributed by atoms with E-state index in [0.29, 0.717) is 23.2 Å². The number of fused-ring (bicyclic) bond motifs is 2. The predicted octanol–water partition coefficient (Wildman–Crippen LogP) is 4.71. The Balaban J connectivity index is 1.74. The molecule has 3 heterocycles. The summed E-state index contributed by atoms with van der Waals surface area (Å²) in [7, 11) is 0. The Morgan fingerprint density at radius 2 is 1.71 bits per heavy atom. The van der Waals surface area contributed by atoms with Crippen molar-refractivity contribution in [2.45, 2.75) is 26.1 Å². The van der Waals surface area contributed by atoms with Crippen molar-refractivity contribution in [2.24, 2.45) is 0 Å². The fraction of sp³-hybridized carbons (Fsp3) is 0.231. The Morgan fingerprint density at radius 1 is 0.971 bits per heavy atom. The van der Waals surface area contributed by atoms with Crippen LogP contribution in [0, 0.1) is 0 Å². The number of carbonyl (C=O) groups excluding carboxylic acids is 2. The van der Waals surface area contributed by atoms with E-state index in [1.807, 2.05) is 35.8 Å². The van der Waals surface area contributed by atoms with Gasteiger partial charge in [-0.2, -0.15) is 13.2 Å². The zero-order valence-corrected chi connectivity index (χ0v) is 18.9. The van der Waals surface area contributed by atoms with Crippen LogP contribution in [-0.2, 0) is 22.3 Å². The van der Waals surface area contributed by atoms with E-state index in [1.165, 1.54) is 6.07 Å². The first-order chi connectivity index (χ1) is 16.8. The van der Waals surface area contributed by atoms with E-state index in [1.54, 1.807) is 12.4 Å². The molecule has 2 amide bonds. The van der Waals surface area contributed by atoms with Gasteiger partial charge in [0.1, 0.15) is 0 Å². The van der Waals surface area contributed by atoms with Crippen molar-refractivity contribution in [1.29, 1.82) is 0 Å². The molecule has 0 saturated heterocycles. The van der Waals surface area contributed by atoms with E-state index >= 15 is 0 Å². The summed E-state index contributed by atoms with van der Waals surface area (Å²) in [6.45, 7) is 4.10. The number of halogens is 3. The van der Waals surface area contributed by atoms with E-state index in [4.69, 9.17) is 0 Å². The molecule has 0 bridgehead atoms. The number of carbonyl (C=O) groups is 2. The monoisotopic (exact) mass is 480 g/mol. The van der Waals surface area contributed by atoms with E-state index in [-0.39, 0.29) is 16.5 Å². The van der Waals surface area contributed by atoms with Crippen molar-refractivity contribution in [2.75, 3.05) is 13.1 Å². The van der Waals surface area contributed by atoms with Gasteiger partial charge in [-0.3, -0.25) is 14.9 Å². The Morgan fingerprint density at radius 3 is 2.46 bits per heavy atom. The van der Waals surface area contributed by atoms with Crippen LogP contribution in [0.25, 0.3) is 33.0 Å². The summed E-state index contributed by atoms with van der Waals surface area (Å²) in [6, 6.07) is 10.9. The van der Waals surface area contributed by atoms with Gasteiger partial charge in [-0.25, -0.2) is 0 Å². The molecule has 1 aliphatic rings. The fourth-order valence-corrected chi connectivity index (χ4v) is 4.66. The molecule has 1 aliphatic heterocycles. The highest BCUT2D eigenvalue weighted by molar-refractivity contribution is 6.50. The molecular formula is C26H23F3N4O2. The van der Waals surface area contributed by atoms with E-state index in [2.05, 4.69) is 15.6 Å². The largest absolute Gasteiger partial charge is 0.416 e. The molecule has 0 atom stereocenters. The summed E-state index contributed by atoms with van der Waals surface area (Å²) in [5.74, 6) is -1.20. The topological polar surface area (TPSA) is 78.9 Å². The normalized spacial score (nSPS) is 14.5. The smallest absolute Gasteiger partial charge is 0.361 e. The predicted molar refractivity (Wildman–Crippen MR) is 128 cm³/mol. The number of para-hydroxylation sites is 1. The summed E-state index contributed by atoms with van der Waals surface area (Å²) in [6.07, 6.45) is -0.466. The average Bonchev–Trinajstić information content (AvgIpc) is 3.48. The van der Waals surface area contributed by atoms with Gasteiger partial charge in [0.2, 0.25) is 0 Å². The number of rotatable bonds is 7. The van der Waals surface area contributed by atoms with Crippen LogP contribution in [0.4, 0.5) is 13.2 Å². The number of H-pyrrole nitrogens is 1. The minimum Gasteiger partial charge on any atom is -0.361 e. The van der Waals surface area contributed by atoms with Crippen LogP contribution in [0.2, 0.25) is 0 Å². The minimum atomic E-state index is -4.54. The number of aromatic nitrogens is 2. The number of hydrogen-bond donors (Lipinski definition) is 3. The molecule has 35 heavy (non-hydrogen) atoms. The number of aryl methyl sites for hydroxylation is 1. The minimum absolute atomic E-state index is 0.0783. The summed E-state index contributed by atoms with van der Waals surface area (Å²) < 4.78 is 42.5. The zero-order chi connectivity index (χ0) is 24.7. The van der Waals surface area contributed by atoms with Crippen molar-refractivity contribution < 1.29 is 22.8 Å². The molecule has 5 rings (SSSR count). The second kappa shape index (κ2) is 8.74. The molecule has 0 aliphatic carbocycles. The molecule has 0 spiro atoms. The third kappa shape index (κ3) is 4.01. The lowest BCUT2D eigenvalue weighted by Gasteiger charge is -2.09. The number of benzene rings is 2.